The average molecular weight is 220 g/mol. The van der Waals surface area contributed by atoms with Crippen LogP contribution in [-0.2, 0) is 6.42 Å². The molecule has 16 heavy (non-hydrogen) atoms. The molecule has 0 saturated carbocycles. The van der Waals surface area contributed by atoms with Gasteiger partial charge in [0.2, 0.25) is 0 Å². The molecule has 1 aromatic rings. The summed E-state index contributed by atoms with van der Waals surface area (Å²) < 4.78 is 0. The molecule has 0 radical (unpaired) electrons. The lowest BCUT2D eigenvalue weighted by Gasteiger charge is -2.26. The first-order valence-corrected chi connectivity index (χ1v) is 5.96. The van der Waals surface area contributed by atoms with E-state index >= 15 is 0 Å². The zero-order valence-corrected chi connectivity index (χ0v) is 11.2. The van der Waals surface area contributed by atoms with Gasteiger partial charge in [0.1, 0.15) is 0 Å². The van der Waals surface area contributed by atoms with E-state index in [0.717, 1.165) is 13.0 Å². The molecule has 90 valence electrons. The molecule has 0 unspecified atom stereocenters. The molecule has 0 aromatic heterocycles. The van der Waals surface area contributed by atoms with Crippen LogP contribution in [0.2, 0.25) is 0 Å². The summed E-state index contributed by atoms with van der Waals surface area (Å²) in [6, 6.07) is 8.79. The third-order valence-electron chi connectivity index (χ3n) is 2.75. The zero-order valence-electron chi connectivity index (χ0n) is 11.2. The Balaban J connectivity index is 2.68. The molecular weight excluding hydrogens is 196 g/mol. The monoisotopic (exact) mass is 220 g/mol. The molecule has 0 aliphatic heterocycles. The van der Waals surface area contributed by atoms with E-state index in [2.05, 4.69) is 69.3 Å². The molecule has 0 aliphatic carbocycles. The molecule has 2 heteroatoms. The number of likely N-dealkylation sites (N-methyl/N-ethyl adjacent to an activating group) is 1. The molecule has 2 nitrogen and oxygen atoms in total. The topological polar surface area (TPSA) is 15.3 Å². The van der Waals surface area contributed by atoms with Crippen molar-refractivity contribution >= 4 is 5.69 Å². The fourth-order valence-corrected chi connectivity index (χ4v) is 1.96. The van der Waals surface area contributed by atoms with Crippen molar-refractivity contribution in [3.63, 3.8) is 0 Å². The second kappa shape index (κ2) is 5.35. The molecule has 0 saturated heterocycles. The molecule has 1 N–H and O–H groups in total. The first-order chi connectivity index (χ1) is 7.44. The molecule has 1 rings (SSSR count). The second-order valence-corrected chi connectivity index (χ2v) is 5.15. The number of benzene rings is 1. The Morgan fingerprint density at radius 1 is 1.12 bits per heavy atom. The molecular formula is C14H24N2. The number of anilines is 1. The first-order valence-electron chi connectivity index (χ1n) is 5.96. The van der Waals surface area contributed by atoms with E-state index in [4.69, 9.17) is 0 Å². The maximum atomic E-state index is 3.50. The molecule has 0 spiro atoms. The van der Waals surface area contributed by atoms with E-state index in [1.807, 2.05) is 0 Å². The van der Waals surface area contributed by atoms with Gasteiger partial charge < -0.3 is 10.2 Å². The van der Waals surface area contributed by atoms with Gasteiger partial charge in [0.15, 0.2) is 0 Å². The van der Waals surface area contributed by atoms with Gasteiger partial charge in [0, 0.05) is 25.3 Å². The Bertz CT molecular complexity index is 312. The summed E-state index contributed by atoms with van der Waals surface area (Å²) in [6.07, 6.45) is 1.06. The maximum absolute atomic E-state index is 3.50. The summed E-state index contributed by atoms with van der Waals surface area (Å²) in [5, 5.41) is 3.50. The predicted octanol–water partition coefficient (Wildman–Crippen LogP) is 2.68. The third-order valence-corrected chi connectivity index (χ3v) is 2.75. The van der Waals surface area contributed by atoms with Crippen molar-refractivity contribution in [3.05, 3.63) is 29.8 Å². The SMILES string of the molecule is CCNC(C)(C)Cc1ccc(N(C)C)cc1. The lowest BCUT2D eigenvalue weighted by Crippen LogP contribution is -2.41. The van der Waals surface area contributed by atoms with Crippen molar-refractivity contribution in [1.29, 1.82) is 0 Å². The van der Waals surface area contributed by atoms with Gasteiger partial charge in [-0.1, -0.05) is 19.1 Å². The van der Waals surface area contributed by atoms with Gasteiger partial charge >= 0.3 is 0 Å². The van der Waals surface area contributed by atoms with Crippen molar-refractivity contribution in [2.45, 2.75) is 32.7 Å². The van der Waals surface area contributed by atoms with Gasteiger partial charge in [-0.2, -0.15) is 0 Å². The molecule has 1 aromatic carbocycles. The Morgan fingerprint density at radius 3 is 2.12 bits per heavy atom. The number of nitrogens with zero attached hydrogens (tertiary/aromatic N) is 1. The quantitative estimate of drug-likeness (QED) is 0.820. The van der Waals surface area contributed by atoms with Crippen LogP contribution in [-0.4, -0.2) is 26.2 Å². The Morgan fingerprint density at radius 2 is 1.69 bits per heavy atom. The lowest BCUT2D eigenvalue weighted by molar-refractivity contribution is 0.397. The maximum Gasteiger partial charge on any atom is 0.0361 e. The predicted molar refractivity (Wildman–Crippen MR) is 72.2 cm³/mol. The Kier molecular flexibility index (Phi) is 4.36. The van der Waals surface area contributed by atoms with Crippen LogP contribution in [0.3, 0.4) is 0 Å². The minimum atomic E-state index is 0.175. The normalized spacial score (nSPS) is 11.6. The minimum absolute atomic E-state index is 0.175. The highest BCUT2D eigenvalue weighted by molar-refractivity contribution is 5.46. The van der Waals surface area contributed by atoms with Crippen molar-refractivity contribution in [2.75, 3.05) is 25.5 Å². The number of hydrogen-bond acceptors (Lipinski definition) is 2. The van der Waals surface area contributed by atoms with Crippen molar-refractivity contribution < 1.29 is 0 Å². The third kappa shape index (κ3) is 3.86. The highest BCUT2D eigenvalue weighted by Crippen LogP contribution is 2.16. The molecule has 0 heterocycles. The van der Waals surface area contributed by atoms with E-state index in [0.29, 0.717) is 0 Å². The summed E-state index contributed by atoms with van der Waals surface area (Å²) in [7, 11) is 4.13. The van der Waals surface area contributed by atoms with Crippen molar-refractivity contribution in [2.24, 2.45) is 0 Å². The van der Waals surface area contributed by atoms with E-state index in [-0.39, 0.29) is 5.54 Å². The van der Waals surface area contributed by atoms with E-state index < -0.39 is 0 Å². The largest absolute Gasteiger partial charge is 0.378 e. The van der Waals surface area contributed by atoms with Crippen LogP contribution in [0, 0.1) is 0 Å². The van der Waals surface area contributed by atoms with Crippen LogP contribution in [0.15, 0.2) is 24.3 Å². The molecule has 0 aliphatic rings. The van der Waals surface area contributed by atoms with Crippen LogP contribution < -0.4 is 10.2 Å². The van der Waals surface area contributed by atoms with Crippen molar-refractivity contribution in [3.8, 4) is 0 Å². The average Bonchev–Trinajstić information content (AvgIpc) is 2.17. The fraction of sp³-hybridized carbons (Fsp3) is 0.571. The van der Waals surface area contributed by atoms with Gasteiger partial charge in [-0.25, -0.2) is 0 Å². The standard InChI is InChI=1S/C14H24N2/c1-6-15-14(2,3)11-12-7-9-13(10-8-12)16(4)5/h7-10,15H,6,11H2,1-5H3. The summed E-state index contributed by atoms with van der Waals surface area (Å²) >= 11 is 0. The van der Waals surface area contributed by atoms with Crippen LogP contribution in [0.5, 0.6) is 0 Å². The molecule has 0 atom stereocenters. The summed E-state index contributed by atoms with van der Waals surface area (Å²) in [5.41, 5.74) is 2.82. The van der Waals surface area contributed by atoms with Crippen LogP contribution >= 0.6 is 0 Å². The molecule has 0 bridgehead atoms. The van der Waals surface area contributed by atoms with Crippen LogP contribution in [0.1, 0.15) is 26.3 Å². The first kappa shape index (κ1) is 13.0. The van der Waals surface area contributed by atoms with Gasteiger partial charge in [-0.15, -0.1) is 0 Å². The molecule has 0 fully saturated rings. The van der Waals surface area contributed by atoms with E-state index in [1.54, 1.807) is 0 Å². The summed E-state index contributed by atoms with van der Waals surface area (Å²) in [6.45, 7) is 7.66. The van der Waals surface area contributed by atoms with Gasteiger partial charge in [0.25, 0.3) is 0 Å². The minimum Gasteiger partial charge on any atom is -0.378 e. The fourth-order valence-electron chi connectivity index (χ4n) is 1.96. The van der Waals surface area contributed by atoms with Crippen LogP contribution in [0.25, 0.3) is 0 Å². The molecule has 0 amide bonds. The highest BCUT2D eigenvalue weighted by Gasteiger charge is 2.16. The van der Waals surface area contributed by atoms with E-state index in [1.165, 1.54) is 11.3 Å². The second-order valence-electron chi connectivity index (χ2n) is 5.15. The highest BCUT2D eigenvalue weighted by atomic mass is 15.1. The summed E-state index contributed by atoms with van der Waals surface area (Å²) in [5.74, 6) is 0. The van der Waals surface area contributed by atoms with Crippen LogP contribution in [0.4, 0.5) is 5.69 Å². The summed E-state index contributed by atoms with van der Waals surface area (Å²) in [4.78, 5) is 2.12. The smallest absolute Gasteiger partial charge is 0.0361 e. The van der Waals surface area contributed by atoms with Gasteiger partial charge in [-0.05, 0) is 44.5 Å². The number of rotatable bonds is 5. The Labute approximate surface area is 99.7 Å². The Hall–Kier alpha value is -1.02. The van der Waals surface area contributed by atoms with Gasteiger partial charge in [-0.3, -0.25) is 0 Å². The zero-order chi connectivity index (χ0) is 12.2. The van der Waals surface area contributed by atoms with Crippen molar-refractivity contribution in [1.82, 2.24) is 5.32 Å². The lowest BCUT2D eigenvalue weighted by atomic mass is 9.95. The van der Waals surface area contributed by atoms with E-state index in [9.17, 15) is 0 Å². The number of nitrogens with one attached hydrogen (secondary N) is 1. The van der Waals surface area contributed by atoms with Gasteiger partial charge in [0.05, 0.1) is 0 Å². The number of hydrogen-bond donors (Lipinski definition) is 1.